The lowest BCUT2D eigenvalue weighted by Crippen LogP contribution is -2.41. The third-order valence-electron chi connectivity index (χ3n) is 15.5. The van der Waals surface area contributed by atoms with Crippen LogP contribution in [-0.4, -0.2) is 46.9 Å². The lowest BCUT2D eigenvalue weighted by Gasteiger charge is -2.34. The number of fused-ring (bicyclic) bond motifs is 4. The number of hydrogen-bond donors (Lipinski definition) is 2. The highest BCUT2D eigenvalue weighted by molar-refractivity contribution is 6.04. The summed E-state index contributed by atoms with van der Waals surface area (Å²) in [5, 5.41) is 24.3. The standard InChI is InChI=1S/C55H60O12/c56-50(66-32-54(60,48-15-13-42-26-64-30-46(42)22-48)52(58)38-9-11-40-24-62-28-44(40)20-38)18-36-5-1-34(2-6-36)17-35-3-7-37(8-4-35)19-51(57)67-33-55(61,49-16-14-43-27-65-31-47(43)23-49)53(59)39-10-12-41-25-63-29-45(41)21-39/h9-16,20-23,34-37,60-61H,1-8,17-19,24-33H2. The van der Waals surface area contributed by atoms with Crippen molar-refractivity contribution >= 4 is 23.5 Å². The highest BCUT2D eigenvalue weighted by Gasteiger charge is 2.43. The van der Waals surface area contributed by atoms with Gasteiger partial charge in [-0.3, -0.25) is 19.2 Å². The molecular formula is C55H60O12. The minimum atomic E-state index is -2.07. The Balaban J connectivity index is 0.682. The van der Waals surface area contributed by atoms with E-state index < -0.39 is 47.9 Å². The summed E-state index contributed by atoms with van der Waals surface area (Å²) in [5.74, 6) is -0.379. The normalized spacial score (nSPS) is 23.6. The van der Waals surface area contributed by atoms with Gasteiger partial charge in [-0.25, -0.2) is 0 Å². The van der Waals surface area contributed by atoms with Gasteiger partial charge in [0.2, 0.25) is 11.6 Å². The van der Waals surface area contributed by atoms with Crippen LogP contribution in [0.25, 0.3) is 0 Å². The number of esters is 2. The predicted molar refractivity (Wildman–Crippen MR) is 243 cm³/mol. The van der Waals surface area contributed by atoms with Crippen LogP contribution >= 0.6 is 0 Å². The van der Waals surface area contributed by atoms with Crippen molar-refractivity contribution in [2.75, 3.05) is 13.2 Å². The first-order chi connectivity index (χ1) is 32.5. The van der Waals surface area contributed by atoms with Crippen molar-refractivity contribution in [1.82, 2.24) is 0 Å². The molecule has 4 heterocycles. The zero-order valence-electron chi connectivity index (χ0n) is 38.1. The van der Waals surface area contributed by atoms with Gasteiger partial charge in [-0.15, -0.1) is 0 Å². The summed E-state index contributed by atoms with van der Waals surface area (Å²) in [6.07, 6.45) is 9.40. The van der Waals surface area contributed by atoms with Gasteiger partial charge >= 0.3 is 11.9 Å². The number of hydrogen-bond acceptors (Lipinski definition) is 12. The monoisotopic (exact) mass is 912 g/mol. The van der Waals surface area contributed by atoms with E-state index in [1.165, 1.54) is 0 Å². The van der Waals surface area contributed by atoms with Crippen LogP contribution < -0.4 is 0 Å². The van der Waals surface area contributed by atoms with Crippen LogP contribution in [0.4, 0.5) is 0 Å². The first-order valence-corrected chi connectivity index (χ1v) is 24.2. The summed E-state index contributed by atoms with van der Waals surface area (Å²) in [6.45, 7) is 2.58. The molecule has 4 aromatic carbocycles. The Morgan fingerprint density at radius 1 is 0.433 bits per heavy atom. The molecule has 2 N–H and O–H groups in total. The van der Waals surface area contributed by atoms with E-state index in [1.54, 1.807) is 48.5 Å². The highest BCUT2D eigenvalue weighted by atomic mass is 16.6. The summed E-state index contributed by atoms with van der Waals surface area (Å²) < 4.78 is 33.8. The lowest BCUT2D eigenvalue weighted by molar-refractivity contribution is -0.151. The van der Waals surface area contributed by atoms with Crippen molar-refractivity contribution in [2.45, 2.75) is 135 Å². The molecule has 2 aliphatic carbocycles. The van der Waals surface area contributed by atoms with Gasteiger partial charge in [0.15, 0.2) is 11.2 Å². The van der Waals surface area contributed by atoms with Crippen LogP contribution in [0.15, 0.2) is 72.8 Å². The molecule has 2 atom stereocenters. The molecule has 2 saturated carbocycles. The Kier molecular flexibility index (Phi) is 13.3. The lowest BCUT2D eigenvalue weighted by atomic mass is 9.72. The van der Waals surface area contributed by atoms with E-state index in [4.69, 9.17) is 28.4 Å². The SMILES string of the molecule is O=C(CC1CCC(CC2CCC(CC(=O)OCC(O)(C(=O)c3ccc4c(c3)COC4)c3ccc4c(c3)COC4)CC2)CC1)OCC(O)(C(=O)c1ccc2c(c1)COC2)c1ccc2c(c1)COC2. The zero-order chi connectivity index (χ0) is 46.1. The van der Waals surface area contributed by atoms with E-state index in [2.05, 4.69) is 0 Å². The van der Waals surface area contributed by atoms with Gasteiger partial charge in [-0.1, -0.05) is 74.2 Å². The smallest absolute Gasteiger partial charge is 0.306 e. The largest absolute Gasteiger partial charge is 0.462 e. The van der Waals surface area contributed by atoms with Crippen LogP contribution in [0.5, 0.6) is 0 Å². The number of rotatable bonds is 16. The molecule has 6 aliphatic rings. The van der Waals surface area contributed by atoms with Gasteiger partial charge in [-0.05, 0) is 136 Å². The second kappa shape index (κ2) is 19.5. The maximum Gasteiger partial charge on any atom is 0.306 e. The van der Waals surface area contributed by atoms with E-state index in [9.17, 15) is 29.4 Å². The molecule has 0 radical (unpaired) electrons. The number of carbonyl (C=O) groups is 4. The molecule has 4 aliphatic heterocycles. The Morgan fingerprint density at radius 2 is 0.746 bits per heavy atom. The molecule has 0 amide bonds. The van der Waals surface area contributed by atoms with Crippen molar-refractivity contribution in [1.29, 1.82) is 0 Å². The van der Waals surface area contributed by atoms with Crippen molar-refractivity contribution in [3.63, 3.8) is 0 Å². The van der Waals surface area contributed by atoms with Crippen LogP contribution in [-0.2, 0) is 102 Å². The highest BCUT2D eigenvalue weighted by Crippen LogP contribution is 2.41. The molecule has 4 aromatic rings. The van der Waals surface area contributed by atoms with Gasteiger partial charge in [0.1, 0.15) is 13.2 Å². The number of ketones is 2. The van der Waals surface area contributed by atoms with Crippen LogP contribution in [0.2, 0.25) is 0 Å². The van der Waals surface area contributed by atoms with E-state index in [0.29, 0.717) is 86.9 Å². The quantitative estimate of drug-likeness (QED) is 0.0815. The van der Waals surface area contributed by atoms with Gasteiger partial charge in [0.25, 0.3) is 0 Å². The van der Waals surface area contributed by atoms with Crippen molar-refractivity contribution in [2.24, 2.45) is 23.7 Å². The van der Waals surface area contributed by atoms with Gasteiger partial charge in [0.05, 0.1) is 52.9 Å². The maximum atomic E-state index is 14.1. The van der Waals surface area contributed by atoms with Crippen LogP contribution in [0.1, 0.15) is 147 Å². The molecule has 0 bridgehead atoms. The third-order valence-corrected chi connectivity index (χ3v) is 15.5. The van der Waals surface area contributed by atoms with Crippen molar-refractivity contribution in [3.8, 4) is 0 Å². The fraction of sp³-hybridized carbons (Fsp3) is 0.491. The Morgan fingerprint density at radius 3 is 1.12 bits per heavy atom. The molecule has 67 heavy (non-hydrogen) atoms. The van der Waals surface area contributed by atoms with Crippen LogP contribution in [0, 0.1) is 23.7 Å². The Labute approximate surface area is 391 Å². The van der Waals surface area contributed by atoms with Crippen LogP contribution in [0.3, 0.4) is 0 Å². The third kappa shape index (κ3) is 9.80. The zero-order valence-corrected chi connectivity index (χ0v) is 38.1. The molecule has 12 nitrogen and oxygen atoms in total. The van der Waals surface area contributed by atoms with E-state index in [1.807, 2.05) is 24.3 Å². The molecule has 352 valence electrons. The fourth-order valence-electron chi connectivity index (χ4n) is 11.3. The number of carbonyl (C=O) groups excluding carboxylic acids is 4. The van der Waals surface area contributed by atoms with Gasteiger partial charge in [0, 0.05) is 24.0 Å². The summed E-state index contributed by atoms with van der Waals surface area (Å²) in [6, 6.07) is 21.4. The number of aliphatic hydroxyl groups is 2. The number of ether oxygens (including phenoxy) is 6. The second-order valence-electron chi connectivity index (χ2n) is 20.0. The molecule has 0 aromatic heterocycles. The summed E-state index contributed by atoms with van der Waals surface area (Å²) in [5.41, 5.74) is 4.99. The molecule has 2 unspecified atom stereocenters. The molecule has 0 spiro atoms. The molecule has 12 heteroatoms. The maximum absolute atomic E-state index is 14.1. The molecule has 10 rings (SSSR count). The average molecular weight is 913 g/mol. The molecule has 2 fully saturated rings. The first-order valence-electron chi connectivity index (χ1n) is 24.2. The summed E-state index contributed by atoms with van der Waals surface area (Å²) in [7, 11) is 0. The Hall–Kier alpha value is -5.08. The topological polar surface area (TPSA) is 164 Å². The van der Waals surface area contributed by atoms with Gasteiger partial charge in [-0.2, -0.15) is 0 Å². The number of Topliss-reactive ketones (excluding diaryl/α,β-unsaturated/α-hetero) is 2. The van der Waals surface area contributed by atoms with E-state index >= 15 is 0 Å². The van der Waals surface area contributed by atoms with Gasteiger partial charge < -0.3 is 38.6 Å². The minimum Gasteiger partial charge on any atom is -0.462 e. The van der Waals surface area contributed by atoms with E-state index in [0.717, 1.165) is 102 Å². The predicted octanol–water partition coefficient (Wildman–Crippen LogP) is 8.52. The van der Waals surface area contributed by atoms with Crippen molar-refractivity contribution < 1.29 is 57.8 Å². The van der Waals surface area contributed by atoms with E-state index in [-0.39, 0.29) is 24.7 Å². The Bertz CT molecular complexity index is 2360. The molecule has 0 saturated heterocycles. The summed E-state index contributed by atoms with van der Waals surface area (Å²) in [4.78, 5) is 54.9. The second-order valence-corrected chi connectivity index (χ2v) is 20.0. The average Bonchev–Trinajstić information content (AvgIpc) is 4.20. The van der Waals surface area contributed by atoms with Crippen molar-refractivity contribution in [3.05, 3.63) is 140 Å². The molecular weight excluding hydrogens is 853 g/mol. The minimum absolute atomic E-state index is 0.177. The first kappa shape index (κ1) is 45.7. The fourth-order valence-corrected chi connectivity index (χ4v) is 11.3. The summed E-state index contributed by atoms with van der Waals surface area (Å²) >= 11 is 0. The number of benzene rings is 4.